The molecule has 0 radical (unpaired) electrons. The number of carbonyl (C=O) groups excluding carboxylic acids is 4. The molecule has 40 heavy (non-hydrogen) atoms. The number of rotatable bonds is 5. The fraction of sp³-hybridized carbons (Fsp3) is 0.267. The number of nitrogens with one attached hydrogen (secondary N) is 1. The van der Waals surface area contributed by atoms with Crippen LogP contribution in [0.15, 0.2) is 60.7 Å². The maximum absolute atomic E-state index is 14.1. The van der Waals surface area contributed by atoms with Gasteiger partial charge in [-0.05, 0) is 43.2 Å². The Hall–Kier alpha value is -4.21. The van der Waals surface area contributed by atoms with Gasteiger partial charge >= 0.3 is 5.97 Å². The van der Waals surface area contributed by atoms with E-state index in [4.69, 9.17) is 30.5 Å². The van der Waals surface area contributed by atoms with Gasteiger partial charge in [-0.15, -0.1) is 0 Å². The van der Waals surface area contributed by atoms with Crippen molar-refractivity contribution in [1.82, 2.24) is 0 Å². The van der Waals surface area contributed by atoms with Gasteiger partial charge in [0.25, 0.3) is 0 Å². The van der Waals surface area contributed by atoms with E-state index in [-0.39, 0.29) is 24.5 Å². The largest absolute Gasteiger partial charge is 0.466 e. The van der Waals surface area contributed by atoms with E-state index in [1.807, 2.05) is 6.92 Å². The zero-order valence-electron chi connectivity index (χ0n) is 21.6. The Morgan fingerprint density at radius 3 is 2.38 bits per heavy atom. The van der Waals surface area contributed by atoms with Gasteiger partial charge in [0.2, 0.25) is 29.9 Å². The van der Waals surface area contributed by atoms with Crippen molar-refractivity contribution in [1.29, 1.82) is 0 Å². The molecule has 3 aliphatic rings. The summed E-state index contributed by atoms with van der Waals surface area (Å²) in [6, 6.07) is 16.2. The molecular weight excluding hydrogens is 538 g/mol. The number of esters is 1. The normalized spacial score (nSPS) is 21.9. The molecule has 9 nitrogen and oxygen atoms in total. The van der Waals surface area contributed by atoms with Crippen LogP contribution in [0.3, 0.4) is 0 Å². The lowest BCUT2D eigenvalue weighted by atomic mass is 9.75. The van der Waals surface area contributed by atoms with Crippen LogP contribution < -0.4 is 14.8 Å². The number of fused-ring (bicyclic) bond motifs is 2. The third-order valence-corrected chi connectivity index (χ3v) is 7.94. The van der Waals surface area contributed by atoms with Crippen LogP contribution in [0.2, 0.25) is 5.02 Å². The van der Waals surface area contributed by atoms with Gasteiger partial charge in [-0.3, -0.25) is 19.2 Å². The van der Waals surface area contributed by atoms with Gasteiger partial charge in [0.15, 0.2) is 11.5 Å². The van der Waals surface area contributed by atoms with Gasteiger partial charge in [-0.2, -0.15) is 0 Å². The van der Waals surface area contributed by atoms with Gasteiger partial charge in [-0.1, -0.05) is 48.0 Å². The van der Waals surface area contributed by atoms with Crippen molar-refractivity contribution >= 4 is 40.7 Å². The Kier molecular flexibility index (Phi) is 6.35. The lowest BCUT2D eigenvalue weighted by Gasteiger charge is -2.27. The van der Waals surface area contributed by atoms with E-state index in [0.29, 0.717) is 27.8 Å². The minimum Gasteiger partial charge on any atom is -0.466 e. The lowest BCUT2D eigenvalue weighted by Crippen LogP contribution is -2.52. The highest BCUT2D eigenvalue weighted by atomic mass is 35.5. The van der Waals surface area contributed by atoms with Crippen LogP contribution in [0.4, 0.5) is 5.69 Å². The van der Waals surface area contributed by atoms with E-state index in [1.54, 1.807) is 55.5 Å². The predicted octanol–water partition coefficient (Wildman–Crippen LogP) is 4.70. The van der Waals surface area contributed by atoms with Gasteiger partial charge in [0, 0.05) is 27.9 Å². The summed E-state index contributed by atoms with van der Waals surface area (Å²) in [4.78, 5) is 55.6. The second-order valence-corrected chi connectivity index (χ2v) is 10.2. The van der Waals surface area contributed by atoms with E-state index < -0.39 is 47.0 Å². The summed E-state index contributed by atoms with van der Waals surface area (Å²) in [6.45, 7) is 3.44. The number of ketones is 2. The third-order valence-electron chi connectivity index (χ3n) is 7.53. The number of ether oxygens (including phenoxy) is 4. The SMILES string of the molecule is CCOC(=O)C1[C@H](C(=O)Nc2ccc3c(c2)OCO3)C(c2ccc(C)c(Cl)c2)OC12C(=O)c1ccccc1C2=O. The van der Waals surface area contributed by atoms with Gasteiger partial charge < -0.3 is 24.3 Å². The van der Waals surface area contributed by atoms with Crippen molar-refractivity contribution in [3.63, 3.8) is 0 Å². The van der Waals surface area contributed by atoms with Crippen LogP contribution in [0.5, 0.6) is 11.5 Å². The fourth-order valence-electron chi connectivity index (χ4n) is 5.64. The maximum Gasteiger partial charge on any atom is 0.313 e. The molecule has 0 saturated carbocycles. The molecule has 204 valence electrons. The minimum absolute atomic E-state index is 0.0295. The van der Waals surface area contributed by atoms with Crippen LogP contribution in [0, 0.1) is 18.8 Å². The Bertz CT molecular complexity index is 1550. The fourth-order valence-corrected chi connectivity index (χ4v) is 5.83. The molecular formula is C30H24ClNO8. The first-order valence-electron chi connectivity index (χ1n) is 12.8. The number of anilines is 1. The van der Waals surface area contributed by atoms with Crippen molar-refractivity contribution in [2.75, 3.05) is 18.7 Å². The lowest BCUT2D eigenvalue weighted by molar-refractivity contribution is -0.153. The molecule has 10 heteroatoms. The number of hydrogen-bond donors (Lipinski definition) is 1. The summed E-state index contributed by atoms with van der Waals surface area (Å²) >= 11 is 6.43. The second kappa shape index (κ2) is 9.76. The Labute approximate surface area is 234 Å². The molecule has 1 fully saturated rings. The first kappa shape index (κ1) is 26.0. The van der Waals surface area contributed by atoms with Crippen LogP contribution in [-0.4, -0.2) is 42.4 Å². The molecule has 1 saturated heterocycles. The first-order chi connectivity index (χ1) is 19.3. The van der Waals surface area contributed by atoms with E-state index in [0.717, 1.165) is 5.56 Å². The Morgan fingerprint density at radius 1 is 1.00 bits per heavy atom. The smallest absolute Gasteiger partial charge is 0.313 e. The molecule has 2 aliphatic heterocycles. The van der Waals surface area contributed by atoms with E-state index in [2.05, 4.69) is 5.32 Å². The number of benzene rings is 3. The molecule has 1 amide bonds. The summed E-state index contributed by atoms with van der Waals surface area (Å²) in [6.07, 6.45) is -1.18. The van der Waals surface area contributed by atoms with Gasteiger partial charge in [0.1, 0.15) is 5.92 Å². The summed E-state index contributed by atoms with van der Waals surface area (Å²) < 4.78 is 22.5. The highest BCUT2D eigenvalue weighted by Crippen LogP contribution is 2.55. The quantitative estimate of drug-likeness (QED) is 0.352. The molecule has 2 heterocycles. The number of Topliss-reactive ketones (excluding diaryl/α,β-unsaturated/α-hetero) is 2. The van der Waals surface area contributed by atoms with Crippen molar-refractivity contribution < 1.29 is 38.1 Å². The topological polar surface area (TPSA) is 117 Å². The van der Waals surface area contributed by atoms with Crippen molar-refractivity contribution in [3.05, 3.63) is 87.9 Å². The molecule has 1 spiro atoms. The van der Waals surface area contributed by atoms with Gasteiger partial charge in [0.05, 0.1) is 18.6 Å². The molecule has 0 bridgehead atoms. The number of hydrogen-bond acceptors (Lipinski definition) is 8. The number of aryl methyl sites for hydroxylation is 1. The molecule has 6 rings (SSSR count). The van der Waals surface area contributed by atoms with E-state index >= 15 is 0 Å². The second-order valence-electron chi connectivity index (χ2n) is 9.80. The van der Waals surface area contributed by atoms with Crippen molar-refractivity contribution in [2.45, 2.75) is 25.6 Å². The summed E-state index contributed by atoms with van der Waals surface area (Å²) in [7, 11) is 0. The van der Waals surface area contributed by atoms with E-state index in [9.17, 15) is 19.2 Å². The number of amides is 1. The van der Waals surface area contributed by atoms with Crippen molar-refractivity contribution in [3.8, 4) is 11.5 Å². The Balaban J connectivity index is 1.49. The van der Waals surface area contributed by atoms with Crippen molar-refractivity contribution in [2.24, 2.45) is 11.8 Å². The highest BCUT2D eigenvalue weighted by Gasteiger charge is 2.71. The molecule has 2 unspecified atom stereocenters. The minimum atomic E-state index is -2.28. The summed E-state index contributed by atoms with van der Waals surface area (Å²) in [5.74, 6) is -4.84. The number of halogens is 1. The monoisotopic (exact) mass is 561 g/mol. The average molecular weight is 562 g/mol. The standard InChI is InChI=1S/C30H24ClNO8/c1-3-37-29(36)24-23(28(35)32-17-10-11-21-22(13-17)39-14-38-21)25(16-9-8-15(2)20(31)12-16)40-30(24)26(33)18-6-4-5-7-19(18)27(30)34/h4-13,23-25H,3,14H2,1-2H3,(H,32,35)/t23-,24?,25?/m0/s1. The summed E-state index contributed by atoms with van der Waals surface area (Å²) in [5, 5.41) is 3.21. The zero-order valence-corrected chi connectivity index (χ0v) is 22.3. The zero-order chi connectivity index (χ0) is 28.2. The highest BCUT2D eigenvalue weighted by molar-refractivity contribution is 6.34. The van der Waals surface area contributed by atoms with Crippen LogP contribution in [0.1, 0.15) is 44.9 Å². The molecule has 0 aromatic heterocycles. The molecule has 3 aromatic rings. The molecule has 1 aliphatic carbocycles. The van der Waals surface area contributed by atoms with Crippen LogP contribution >= 0.6 is 11.6 Å². The Morgan fingerprint density at radius 2 is 1.70 bits per heavy atom. The summed E-state index contributed by atoms with van der Waals surface area (Å²) in [5.41, 5.74) is -0.454. The molecule has 3 atom stereocenters. The first-order valence-corrected chi connectivity index (χ1v) is 13.1. The molecule has 3 aromatic carbocycles. The molecule has 1 N–H and O–H groups in total. The van der Waals surface area contributed by atoms with Crippen LogP contribution in [-0.2, 0) is 19.1 Å². The van der Waals surface area contributed by atoms with E-state index in [1.165, 1.54) is 12.1 Å². The third kappa shape index (κ3) is 3.88. The average Bonchev–Trinajstić information content (AvgIpc) is 3.62. The van der Waals surface area contributed by atoms with Gasteiger partial charge in [-0.25, -0.2) is 0 Å². The number of carbonyl (C=O) groups is 4. The predicted molar refractivity (Wildman–Crippen MR) is 143 cm³/mol. The van der Waals surface area contributed by atoms with Crippen LogP contribution in [0.25, 0.3) is 0 Å². The maximum atomic E-state index is 14.1.